The van der Waals surface area contributed by atoms with Crippen molar-refractivity contribution in [1.29, 1.82) is 0 Å². The Hall–Kier alpha value is -2.10. The van der Waals surface area contributed by atoms with E-state index in [1.165, 1.54) is 5.56 Å². The number of carbonyl (C=O) groups is 1. The summed E-state index contributed by atoms with van der Waals surface area (Å²) in [5.41, 5.74) is 5.19. The number of nitrogens with zero attached hydrogens (tertiary/aromatic N) is 3. The van der Waals surface area contributed by atoms with Crippen LogP contribution in [-0.2, 0) is 12.8 Å². The van der Waals surface area contributed by atoms with Crippen molar-refractivity contribution in [2.45, 2.75) is 59.3 Å². The van der Waals surface area contributed by atoms with Crippen molar-refractivity contribution < 1.29 is 4.79 Å². The van der Waals surface area contributed by atoms with Gasteiger partial charge in [-0.05, 0) is 44.2 Å². The van der Waals surface area contributed by atoms with Gasteiger partial charge in [0.25, 0.3) is 5.91 Å². The molecule has 4 heteroatoms. The van der Waals surface area contributed by atoms with Gasteiger partial charge in [0.2, 0.25) is 0 Å². The van der Waals surface area contributed by atoms with E-state index in [1.807, 2.05) is 21.7 Å². The summed E-state index contributed by atoms with van der Waals surface area (Å²) in [6.07, 6.45) is 5.96. The van der Waals surface area contributed by atoms with Crippen LogP contribution in [0.1, 0.15) is 66.8 Å². The zero-order chi connectivity index (χ0) is 17.8. The van der Waals surface area contributed by atoms with Gasteiger partial charge < -0.3 is 4.90 Å². The molecule has 3 rings (SSSR count). The predicted molar refractivity (Wildman–Crippen MR) is 101 cm³/mol. The van der Waals surface area contributed by atoms with E-state index < -0.39 is 0 Å². The molecule has 0 spiro atoms. The number of carbonyl (C=O) groups excluding carboxylic acids is 1. The van der Waals surface area contributed by atoms with E-state index in [9.17, 15) is 4.79 Å². The van der Waals surface area contributed by atoms with Crippen LogP contribution in [-0.4, -0.2) is 33.7 Å². The van der Waals surface area contributed by atoms with Crippen LogP contribution in [0.25, 0.3) is 5.69 Å². The van der Waals surface area contributed by atoms with Crippen LogP contribution in [0, 0.1) is 6.92 Å². The van der Waals surface area contributed by atoms with Crippen LogP contribution in [0.5, 0.6) is 0 Å². The van der Waals surface area contributed by atoms with E-state index in [0.29, 0.717) is 0 Å². The van der Waals surface area contributed by atoms with Gasteiger partial charge in [-0.25, -0.2) is 4.68 Å². The van der Waals surface area contributed by atoms with E-state index in [1.54, 1.807) is 0 Å². The molecule has 0 aliphatic carbocycles. The highest BCUT2D eigenvalue weighted by atomic mass is 16.2. The minimum atomic E-state index is 0.184. The lowest BCUT2D eigenvalue weighted by Crippen LogP contribution is -2.29. The molecule has 1 aliphatic rings. The number of likely N-dealkylation sites (tertiary alicyclic amines) is 1. The van der Waals surface area contributed by atoms with Crippen molar-refractivity contribution in [2.24, 2.45) is 0 Å². The Labute approximate surface area is 150 Å². The fourth-order valence-electron chi connectivity index (χ4n) is 3.71. The molecular formula is C21H29N3O. The molecule has 1 aliphatic heterocycles. The number of aryl methyl sites for hydroxylation is 2. The SMILES string of the molecule is CCCc1nn(-c2ccccc2C)c(CCC)c1C(=O)N1CCCC1. The third-order valence-corrected chi connectivity index (χ3v) is 4.98. The molecule has 1 amide bonds. The van der Waals surface area contributed by atoms with Crippen molar-refractivity contribution in [1.82, 2.24) is 14.7 Å². The second-order valence-electron chi connectivity index (χ2n) is 6.97. The Morgan fingerprint density at radius 2 is 1.76 bits per heavy atom. The number of rotatable bonds is 6. The first-order valence-corrected chi connectivity index (χ1v) is 9.63. The molecule has 0 bridgehead atoms. The second-order valence-corrected chi connectivity index (χ2v) is 6.97. The summed E-state index contributed by atoms with van der Waals surface area (Å²) in [5, 5.41) is 4.91. The first-order valence-electron chi connectivity index (χ1n) is 9.63. The fraction of sp³-hybridized carbons (Fsp3) is 0.524. The van der Waals surface area contributed by atoms with Crippen LogP contribution in [0.4, 0.5) is 0 Å². The molecule has 1 aromatic heterocycles. The number of amides is 1. The summed E-state index contributed by atoms with van der Waals surface area (Å²) in [7, 11) is 0. The third-order valence-electron chi connectivity index (χ3n) is 4.98. The zero-order valence-corrected chi connectivity index (χ0v) is 15.7. The van der Waals surface area contributed by atoms with Crippen molar-refractivity contribution >= 4 is 5.91 Å². The molecule has 1 fully saturated rings. The van der Waals surface area contributed by atoms with Gasteiger partial charge in [-0.2, -0.15) is 5.10 Å². The monoisotopic (exact) mass is 339 g/mol. The molecule has 0 radical (unpaired) electrons. The summed E-state index contributed by atoms with van der Waals surface area (Å²) in [6.45, 7) is 8.18. The van der Waals surface area contributed by atoms with Crippen molar-refractivity contribution in [3.63, 3.8) is 0 Å². The van der Waals surface area contributed by atoms with Crippen LogP contribution in [0.3, 0.4) is 0 Å². The Morgan fingerprint density at radius 1 is 1.08 bits per heavy atom. The number of para-hydroxylation sites is 1. The van der Waals surface area contributed by atoms with Crippen LogP contribution in [0.15, 0.2) is 24.3 Å². The number of hydrogen-bond donors (Lipinski definition) is 0. The van der Waals surface area contributed by atoms with Crippen LogP contribution in [0.2, 0.25) is 0 Å². The third kappa shape index (κ3) is 3.48. The molecule has 0 unspecified atom stereocenters. The van der Waals surface area contributed by atoms with Gasteiger partial charge in [0.15, 0.2) is 0 Å². The van der Waals surface area contributed by atoms with Gasteiger partial charge in [-0.3, -0.25) is 4.79 Å². The summed E-state index contributed by atoms with van der Waals surface area (Å²) < 4.78 is 2.03. The Balaban J connectivity index is 2.14. The molecule has 1 saturated heterocycles. The summed E-state index contributed by atoms with van der Waals surface area (Å²) in [4.78, 5) is 15.3. The molecule has 1 aromatic carbocycles. The van der Waals surface area contributed by atoms with Gasteiger partial charge in [0.05, 0.1) is 22.6 Å². The largest absolute Gasteiger partial charge is 0.339 e. The molecule has 0 N–H and O–H groups in total. The molecule has 4 nitrogen and oxygen atoms in total. The van der Waals surface area contributed by atoms with Crippen LogP contribution >= 0.6 is 0 Å². The summed E-state index contributed by atoms with van der Waals surface area (Å²) >= 11 is 0. The molecule has 0 saturated carbocycles. The molecule has 2 heterocycles. The molecule has 134 valence electrons. The maximum absolute atomic E-state index is 13.2. The van der Waals surface area contributed by atoms with Gasteiger partial charge >= 0.3 is 0 Å². The van der Waals surface area contributed by atoms with E-state index >= 15 is 0 Å². The van der Waals surface area contributed by atoms with Crippen molar-refractivity contribution in [2.75, 3.05) is 13.1 Å². The number of hydrogen-bond acceptors (Lipinski definition) is 2. The number of benzene rings is 1. The lowest BCUT2D eigenvalue weighted by atomic mass is 10.0. The standard InChI is InChI=1S/C21H29N3O/c1-4-10-17-20(21(25)23-14-8-9-15-23)19(11-5-2)24(22-17)18-13-7-6-12-16(18)3/h6-7,12-13H,4-5,8-11,14-15H2,1-3H3. The fourth-order valence-corrected chi connectivity index (χ4v) is 3.71. The van der Waals surface area contributed by atoms with Gasteiger partial charge in [-0.1, -0.05) is 44.9 Å². The van der Waals surface area contributed by atoms with E-state index in [0.717, 1.165) is 74.3 Å². The average Bonchev–Trinajstić information content (AvgIpc) is 3.24. The van der Waals surface area contributed by atoms with E-state index in [-0.39, 0.29) is 5.91 Å². The predicted octanol–water partition coefficient (Wildman–Crippen LogP) is 4.32. The topological polar surface area (TPSA) is 38.1 Å². The lowest BCUT2D eigenvalue weighted by Gasteiger charge is -2.17. The minimum Gasteiger partial charge on any atom is -0.339 e. The maximum Gasteiger partial charge on any atom is 0.257 e. The maximum atomic E-state index is 13.2. The highest BCUT2D eigenvalue weighted by Crippen LogP contribution is 2.26. The van der Waals surface area contributed by atoms with E-state index in [2.05, 4.69) is 32.9 Å². The Kier molecular flexibility index (Phi) is 5.57. The molecule has 0 atom stereocenters. The van der Waals surface area contributed by atoms with E-state index in [4.69, 9.17) is 5.10 Å². The minimum absolute atomic E-state index is 0.184. The van der Waals surface area contributed by atoms with Gasteiger partial charge in [-0.15, -0.1) is 0 Å². The highest BCUT2D eigenvalue weighted by molar-refractivity contribution is 5.97. The summed E-state index contributed by atoms with van der Waals surface area (Å²) in [5.74, 6) is 0.184. The Morgan fingerprint density at radius 3 is 2.40 bits per heavy atom. The highest BCUT2D eigenvalue weighted by Gasteiger charge is 2.28. The lowest BCUT2D eigenvalue weighted by molar-refractivity contribution is 0.0790. The van der Waals surface area contributed by atoms with Gasteiger partial charge in [0.1, 0.15) is 0 Å². The smallest absolute Gasteiger partial charge is 0.257 e. The van der Waals surface area contributed by atoms with Crippen molar-refractivity contribution in [3.8, 4) is 5.69 Å². The van der Waals surface area contributed by atoms with Crippen molar-refractivity contribution in [3.05, 3.63) is 46.8 Å². The normalized spacial score (nSPS) is 14.3. The van der Waals surface area contributed by atoms with Gasteiger partial charge in [0, 0.05) is 13.1 Å². The molecular weight excluding hydrogens is 310 g/mol. The summed E-state index contributed by atoms with van der Waals surface area (Å²) in [6, 6.07) is 8.29. The zero-order valence-electron chi connectivity index (χ0n) is 15.7. The first-order chi connectivity index (χ1) is 12.2. The molecule has 25 heavy (non-hydrogen) atoms. The first kappa shape index (κ1) is 17.7. The number of aromatic nitrogens is 2. The Bertz CT molecular complexity index is 742. The molecule has 2 aromatic rings. The quantitative estimate of drug-likeness (QED) is 0.786. The second kappa shape index (κ2) is 7.85. The van der Waals surface area contributed by atoms with Crippen LogP contribution < -0.4 is 0 Å². The average molecular weight is 339 g/mol.